The van der Waals surface area contributed by atoms with Crippen LogP contribution in [0, 0.1) is 6.92 Å². The molecule has 0 saturated carbocycles. The summed E-state index contributed by atoms with van der Waals surface area (Å²) in [5.74, 6) is -0.476. The standard InChI is InChI=1S/C10H12BrNO3/c1-6-2-3-9(7(11)4-6)15-5-8(12)10(13)14/h2-4,8H,5,12H2,1H3,(H,13,14). The Morgan fingerprint density at radius 1 is 1.67 bits per heavy atom. The Bertz CT molecular complexity index is 368. The van der Waals surface area contributed by atoms with Crippen molar-refractivity contribution in [2.75, 3.05) is 6.61 Å². The van der Waals surface area contributed by atoms with E-state index in [-0.39, 0.29) is 6.61 Å². The second-order valence-corrected chi connectivity index (χ2v) is 4.04. The first-order valence-electron chi connectivity index (χ1n) is 4.38. The van der Waals surface area contributed by atoms with Gasteiger partial charge in [0, 0.05) is 0 Å². The van der Waals surface area contributed by atoms with Gasteiger partial charge < -0.3 is 15.6 Å². The molecule has 0 radical (unpaired) electrons. The Hall–Kier alpha value is -1.07. The van der Waals surface area contributed by atoms with Crippen LogP contribution in [0.4, 0.5) is 0 Å². The molecule has 1 rings (SSSR count). The first-order chi connectivity index (χ1) is 7.00. The zero-order valence-corrected chi connectivity index (χ0v) is 9.82. The molecule has 0 amide bonds. The molecule has 0 aromatic heterocycles. The van der Waals surface area contributed by atoms with E-state index in [1.165, 1.54) is 0 Å². The number of carbonyl (C=O) groups is 1. The van der Waals surface area contributed by atoms with E-state index in [0.717, 1.165) is 10.0 Å². The zero-order valence-electron chi connectivity index (χ0n) is 8.24. The van der Waals surface area contributed by atoms with Crippen molar-refractivity contribution in [3.63, 3.8) is 0 Å². The molecule has 0 fully saturated rings. The van der Waals surface area contributed by atoms with Gasteiger partial charge in [0.25, 0.3) is 0 Å². The highest BCUT2D eigenvalue weighted by Crippen LogP contribution is 2.25. The van der Waals surface area contributed by atoms with Gasteiger partial charge in [-0.05, 0) is 40.5 Å². The fraction of sp³-hybridized carbons (Fsp3) is 0.300. The van der Waals surface area contributed by atoms with Gasteiger partial charge in [-0.3, -0.25) is 4.79 Å². The van der Waals surface area contributed by atoms with Crippen LogP contribution in [-0.2, 0) is 4.79 Å². The molecule has 82 valence electrons. The van der Waals surface area contributed by atoms with E-state index in [1.54, 1.807) is 6.07 Å². The molecule has 4 nitrogen and oxygen atoms in total. The van der Waals surface area contributed by atoms with Gasteiger partial charge >= 0.3 is 5.97 Å². The molecule has 0 aliphatic heterocycles. The number of hydrogen-bond acceptors (Lipinski definition) is 3. The largest absolute Gasteiger partial charge is 0.490 e. The summed E-state index contributed by atoms with van der Waals surface area (Å²) in [6.07, 6.45) is 0. The number of aliphatic carboxylic acids is 1. The third kappa shape index (κ3) is 3.53. The predicted octanol–water partition coefficient (Wildman–Crippen LogP) is 1.55. The third-order valence-corrected chi connectivity index (χ3v) is 2.44. The lowest BCUT2D eigenvalue weighted by molar-refractivity contribution is -0.139. The van der Waals surface area contributed by atoms with Gasteiger partial charge in [-0.15, -0.1) is 0 Å². The fourth-order valence-corrected chi connectivity index (χ4v) is 1.58. The minimum atomic E-state index is -1.07. The molecule has 0 bridgehead atoms. The molecule has 1 unspecified atom stereocenters. The van der Waals surface area contributed by atoms with Crippen LogP contribution in [0.2, 0.25) is 0 Å². The summed E-state index contributed by atoms with van der Waals surface area (Å²) in [5.41, 5.74) is 6.40. The predicted molar refractivity (Wildman–Crippen MR) is 60.0 cm³/mol. The summed E-state index contributed by atoms with van der Waals surface area (Å²) >= 11 is 3.32. The molecule has 0 aliphatic carbocycles. The van der Waals surface area contributed by atoms with Crippen LogP contribution in [0.1, 0.15) is 5.56 Å². The molecule has 1 aromatic rings. The first-order valence-corrected chi connectivity index (χ1v) is 5.17. The summed E-state index contributed by atoms with van der Waals surface area (Å²) in [6, 6.07) is 4.54. The Balaban J connectivity index is 2.62. The van der Waals surface area contributed by atoms with Gasteiger partial charge in [-0.2, -0.15) is 0 Å². The van der Waals surface area contributed by atoms with Crippen molar-refractivity contribution < 1.29 is 14.6 Å². The normalized spacial score (nSPS) is 12.2. The Kier molecular flexibility index (Phi) is 4.11. The van der Waals surface area contributed by atoms with Crippen molar-refractivity contribution in [2.45, 2.75) is 13.0 Å². The van der Waals surface area contributed by atoms with Crippen molar-refractivity contribution in [1.82, 2.24) is 0 Å². The minimum Gasteiger partial charge on any atom is -0.490 e. The molecule has 0 aliphatic rings. The molecule has 0 spiro atoms. The van der Waals surface area contributed by atoms with Gasteiger partial charge in [0.1, 0.15) is 18.4 Å². The molecule has 1 atom stereocenters. The maximum absolute atomic E-state index is 10.4. The van der Waals surface area contributed by atoms with Crippen molar-refractivity contribution >= 4 is 21.9 Å². The summed E-state index contributed by atoms with van der Waals surface area (Å²) in [6.45, 7) is 1.91. The van der Waals surface area contributed by atoms with Crippen LogP contribution in [-0.4, -0.2) is 23.7 Å². The molecular formula is C10H12BrNO3. The number of carboxylic acids is 1. The summed E-state index contributed by atoms with van der Waals surface area (Å²) in [5, 5.41) is 8.56. The van der Waals surface area contributed by atoms with E-state index in [9.17, 15) is 4.79 Å². The molecule has 15 heavy (non-hydrogen) atoms. The van der Waals surface area contributed by atoms with E-state index in [2.05, 4.69) is 15.9 Å². The van der Waals surface area contributed by atoms with E-state index >= 15 is 0 Å². The Morgan fingerprint density at radius 2 is 2.33 bits per heavy atom. The number of aryl methyl sites for hydroxylation is 1. The number of ether oxygens (including phenoxy) is 1. The van der Waals surface area contributed by atoms with Gasteiger partial charge in [-0.1, -0.05) is 6.07 Å². The number of hydrogen-bond donors (Lipinski definition) is 2. The van der Waals surface area contributed by atoms with Gasteiger partial charge in [-0.25, -0.2) is 0 Å². The van der Waals surface area contributed by atoms with Crippen LogP contribution < -0.4 is 10.5 Å². The average molecular weight is 274 g/mol. The fourth-order valence-electron chi connectivity index (χ4n) is 0.974. The average Bonchev–Trinajstić information content (AvgIpc) is 2.15. The molecule has 5 heteroatoms. The summed E-state index contributed by atoms with van der Waals surface area (Å²) in [7, 11) is 0. The SMILES string of the molecule is Cc1ccc(OCC(N)C(=O)O)c(Br)c1. The highest BCUT2D eigenvalue weighted by Gasteiger charge is 2.12. The molecule has 3 N–H and O–H groups in total. The van der Waals surface area contributed by atoms with Crippen LogP contribution in [0.15, 0.2) is 22.7 Å². The minimum absolute atomic E-state index is 0.0446. The lowest BCUT2D eigenvalue weighted by Gasteiger charge is -2.10. The second kappa shape index (κ2) is 5.14. The maximum Gasteiger partial charge on any atom is 0.324 e. The zero-order chi connectivity index (χ0) is 11.4. The van der Waals surface area contributed by atoms with Crippen molar-refractivity contribution in [3.8, 4) is 5.75 Å². The van der Waals surface area contributed by atoms with Gasteiger partial charge in [0.15, 0.2) is 0 Å². The number of rotatable bonds is 4. The van der Waals surface area contributed by atoms with Crippen molar-refractivity contribution in [2.24, 2.45) is 5.73 Å². The smallest absolute Gasteiger partial charge is 0.324 e. The number of benzene rings is 1. The summed E-state index contributed by atoms with van der Waals surface area (Å²) < 4.78 is 6.05. The van der Waals surface area contributed by atoms with E-state index in [4.69, 9.17) is 15.6 Å². The highest BCUT2D eigenvalue weighted by atomic mass is 79.9. The van der Waals surface area contributed by atoms with Crippen LogP contribution in [0.5, 0.6) is 5.75 Å². The Morgan fingerprint density at radius 3 is 2.87 bits per heavy atom. The molecular weight excluding hydrogens is 262 g/mol. The highest BCUT2D eigenvalue weighted by molar-refractivity contribution is 9.10. The van der Waals surface area contributed by atoms with E-state index in [1.807, 2.05) is 19.1 Å². The summed E-state index contributed by atoms with van der Waals surface area (Å²) in [4.78, 5) is 10.4. The van der Waals surface area contributed by atoms with Crippen LogP contribution >= 0.6 is 15.9 Å². The molecule has 1 aromatic carbocycles. The molecule has 0 saturated heterocycles. The Labute approximate surface area is 96.2 Å². The number of nitrogens with two attached hydrogens (primary N) is 1. The van der Waals surface area contributed by atoms with E-state index < -0.39 is 12.0 Å². The topological polar surface area (TPSA) is 72.5 Å². The van der Waals surface area contributed by atoms with Gasteiger partial charge in [0.05, 0.1) is 4.47 Å². The van der Waals surface area contributed by atoms with Gasteiger partial charge in [0.2, 0.25) is 0 Å². The quantitative estimate of drug-likeness (QED) is 0.873. The lowest BCUT2D eigenvalue weighted by Crippen LogP contribution is -2.36. The molecule has 0 heterocycles. The third-order valence-electron chi connectivity index (χ3n) is 1.82. The van der Waals surface area contributed by atoms with Crippen molar-refractivity contribution in [1.29, 1.82) is 0 Å². The number of carboxylic acid groups (broad SMARTS) is 1. The maximum atomic E-state index is 10.4. The monoisotopic (exact) mass is 273 g/mol. The lowest BCUT2D eigenvalue weighted by atomic mass is 10.2. The first kappa shape index (κ1) is 12.0. The van der Waals surface area contributed by atoms with Crippen LogP contribution in [0.3, 0.4) is 0 Å². The van der Waals surface area contributed by atoms with Crippen molar-refractivity contribution in [3.05, 3.63) is 28.2 Å². The number of halogens is 1. The van der Waals surface area contributed by atoms with E-state index in [0.29, 0.717) is 5.75 Å². The van der Waals surface area contributed by atoms with Crippen LogP contribution in [0.25, 0.3) is 0 Å². The second-order valence-electron chi connectivity index (χ2n) is 3.19.